The van der Waals surface area contributed by atoms with Gasteiger partial charge in [0.2, 0.25) is 0 Å². The summed E-state index contributed by atoms with van der Waals surface area (Å²) in [6, 6.07) is 5.04. The van der Waals surface area contributed by atoms with Crippen LogP contribution in [0.5, 0.6) is 0 Å². The lowest BCUT2D eigenvalue weighted by Gasteiger charge is -2.36. The van der Waals surface area contributed by atoms with Crippen LogP contribution in [0.1, 0.15) is 54.0 Å². The second-order valence-corrected chi connectivity index (χ2v) is 10.1. The smallest absolute Gasteiger partial charge is 0.444 e. The molecule has 0 aromatic heterocycles. The number of hydrogen-bond acceptors (Lipinski definition) is 5. The largest absolute Gasteiger partial charge is 0.495 e. The molecule has 0 radical (unpaired) electrons. The first-order valence-corrected chi connectivity index (χ1v) is 10.6. The highest BCUT2D eigenvalue weighted by Crippen LogP contribution is 2.36. The first-order valence-electron chi connectivity index (χ1n) is 10.6. The minimum Gasteiger partial charge on any atom is -0.444 e. The van der Waals surface area contributed by atoms with E-state index < -0.39 is 23.9 Å². The predicted molar refractivity (Wildman–Crippen MR) is 115 cm³/mol. The van der Waals surface area contributed by atoms with E-state index in [-0.39, 0.29) is 11.9 Å². The minimum atomic E-state index is -0.608. The summed E-state index contributed by atoms with van der Waals surface area (Å²) >= 11 is 0. The molecule has 2 heterocycles. The monoisotopic (exact) mass is 420 g/mol. The van der Waals surface area contributed by atoms with E-state index in [2.05, 4.69) is 4.90 Å². The van der Waals surface area contributed by atoms with Crippen LogP contribution in [0.3, 0.4) is 0 Å². The summed E-state index contributed by atoms with van der Waals surface area (Å²) in [5.41, 5.74) is -0.176. The second-order valence-electron chi connectivity index (χ2n) is 10.1. The van der Waals surface area contributed by atoms with Crippen LogP contribution in [-0.4, -0.2) is 66.0 Å². The fourth-order valence-electron chi connectivity index (χ4n) is 3.57. The van der Waals surface area contributed by atoms with E-state index in [1.54, 1.807) is 11.0 Å². The fourth-order valence-corrected chi connectivity index (χ4v) is 3.57. The Labute approximate surface area is 179 Å². The fraction of sp³-hybridized carbons (Fsp3) is 0.682. The summed E-state index contributed by atoms with van der Waals surface area (Å²) in [6.07, 6.45) is -0.300. The van der Waals surface area contributed by atoms with Crippen molar-refractivity contribution >= 4 is 18.7 Å². The number of hydrogen-bond donors (Lipinski definition) is 0. The number of carbonyl (C=O) groups excluding carboxylic acids is 1. The first kappa shape index (κ1) is 23.0. The van der Waals surface area contributed by atoms with Gasteiger partial charge in [-0.15, -0.1) is 0 Å². The Morgan fingerprint density at radius 1 is 1.10 bits per heavy atom. The summed E-state index contributed by atoms with van der Waals surface area (Å²) in [5, 5.41) is 0. The van der Waals surface area contributed by atoms with Crippen molar-refractivity contribution in [3.63, 3.8) is 0 Å². The molecular weight excluding hydrogens is 386 g/mol. The molecule has 0 unspecified atom stereocenters. The third-order valence-corrected chi connectivity index (χ3v) is 6.07. The number of rotatable bonds is 3. The van der Waals surface area contributed by atoms with Gasteiger partial charge >= 0.3 is 13.2 Å². The summed E-state index contributed by atoms with van der Waals surface area (Å²) in [7, 11) is -0.608. The molecule has 2 fully saturated rings. The van der Waals surface area contributed by atoms with Crippen molar-refractivity contribution in [3.8, 4) is 0 Å². The number of amides is 1. The highest BCUT2D eigenvalue weighted by Gasteiger charge is 2.52. The number of ether oxygens (including phenoxy) is 1. The molecule has 3 rings (SSSR count). The highest BCUT2D eigenvalue weighted by molar-refractivity contribution is 6.62. The molecule has 0 saturated carbocycles. The van der Waals surface area contributed by atoms with Crippen molar-refractivity contribution in [1.82, 2.24) is 9.80 Å². The normalized spacial score (nSPS) is 21.7. The zero-order valence-electron chi connectivity index (χ0n) is 19.3. The van der Waals surface area contributed by atoms with Crippen LogP contribution in [0, 0.1) is 5.82 Å². The molecule has 6 nitrogen and oxygen atoms in total. The Morgan fingerprint density at radius 3 is 2.20 bits per heavy atom. The SMILES string of the molecule is CC(C)(C)OC(=O)N1CCN(Cc2c(F)cccc2B2OC(C)(C)C(C)(C)O2)CC1. The number of halogens is 1. The predicted octanol–water partition coefficient (Wildman–Crippen LogP) is 3.18. The maximum atomic E-state index is 14.8. The summed E-state index contributed by atoms with van der Waals surface area (Å²) in [5.74, 6) is -0.267. The average Bonchev–Trinajstić information content (AvgIpc) is 2.83. The maximum absolute atomic E-state index is 14.8. The van der Waals surface area contributed by atoms with Gasteiger partial charge in [0, 0.05) is 38.3 Å². The van der Waals surface area contributed by atoms with Gasteiger partial charge in [0.25, 0.3) is 0 Å². The third-order valence-electron chi connectivity index (χ3n) is 6.07. The molecular formula is C22H34BFN2O4. The number of benzene rings is 1. The molecule has 30 heavy (non-hydrogen) atoms. The molecule has 0 N–H and O–H groups in total. The quantitative estimate of drug-likeness (QED) is 0.704. The van der Waals surface area contributed by atoms with Gasteiger partial charge in [0.15, 0.2) is 0 Å². The molecule has 2 aliphatic heterocycles. The Morgan fingerprint density at radius 2 is 1.67 bits per heavy atom. The van der Waals surface area contributed by atoms with E-state index >= 15 is 0 Å². The van der Waals surface area contributed by atoms with E-state index in [9.17, 15) is 9.18 Å². The Kier molecular flexibility index (Phi) is 6.24. The number of carbonyl (C=O) groups is 1. The van der Waals surface area contributed by atoms with Crippen molar-refractivity contribution in [3.05, 3.63) is 29.6 Å². The van der Waals surface area contributed by atoms with Gasteiger partial charge in [-0.1, -0.05) is 12.1 Å². The lowest BCUT2D eigenvalue weighted by Crippen LogP contribution is -2.50. The van der Waals surface area contributed by atoms with Gasteiger partial charge in [0.05, 0.1) is 11.2 Å². The average molecular weight is 420 g/mol. The van der Waals surface area contributed by atoms with Gasteiger partial charge in [-0.2, -0.15) is 0 Å². The lowest BCUT2D eigenvalue weighted by atomic mass is 9.75. The molecule has 2 saturated heterocycles. The van der Waals surface area contributed by atoms with E-state index in [0.29, 0.717) is 38.3 Å². The third kappa shape index (κ3) is 4.98. The topological polar surface area (TPSA) is 51.2 Å². The van der Waals surface area contributed by atoms with Gasteiger partial charge in [0.1, 0.15) is 11.4 Å². The van der Waals surface area contributed by atoms with E-state index in [1.165, 1.54) is 6.07 Å². The molecule has 8 heteroatoms. The van der Waals surface area contributed by atoms with Crippen LogP contribution < -0.4 is 5.46 Å². The lowest BCUT2D eigenvalue weighted by molar-refractivity contribution is 0.00578. The van der Waals surface area contributed by atoms with Gasteiger partial charge in [-0.05, 0) is 60.0 Å². The minimum absolute atomic E-state index is 0.267. The molecule has 0 atom stereocenters. The van der Waals surface area contributed by atoms with Crippen molar-refractivity contribution in [1.29, 1.82) is 0 Å². The number of piperazine rings is 1. The molecule has 1 aromatic rings. The molecule has 166 valence electrons. The number of nitrogens with zero attached hydrogens (tertiary/aromatic N) is 2. The second kappa shape index (κ2) is 8.13. The summed E-state index contributed by atoms with van der Waals surface area (Å²) < 4.78 is 32.6. The van der Waals surface area contributed by atoms with Crippen molar-refractivity contribution in [2.75, 3.05) is 26.2 Å². The highest BCUT2D eigenvalue weighted by atomic mass is 19.1. The first-order chi connectivity index (χ1) is 13.8. The van der Waals surface area contributed by atoms with Crippen molar-refractivity contribution in [2.24, 2.45) is 0 Å². The standard InChI is InChI=1S/C22H34BFN2O4/c1-20(2,3)28-19(27)26-13-11-25(12-14-26)15-16-17(9-8-10-18(16)24)23-29-21(4,5)22(6,7)30-23/h8-10H,11-15H2,1-7H3. The van der Waals surface area contributed by atoms with E-state index in [4.69, 9.17) is 14.0 Å². The summed E-state index contributed by atoms with van der Waals surface area (Å²) in [4.78, 5) is 16.1. The van der Waals surface area contributed by atoms with Gasteiger partial charge in [-0.25, -0.2) is 9.18 Å². The van der Waals surface area contributed by atoms with Crippen LogP contribution in [0.15, 0.2) is 18.2 Å². The molecule has 1 amide bonds. The Balaban J connectivity index is 1.68. The van der Waals surface area contributed by atoms with Crippen LogP contribution in [-0.2, 0) is 20.6 Å². The molecule has 2 aliphatic rings. The Bertz CT molecular complexity index is 770. The van der Waals surface area contributed by atoms with E-state index in [1.807, 2.05) is 54.5 Å². The molecule has 0 bridgehead atoms. The van der Waals surface area contributed by atoms with Crippen LogP contribution >= 0.6 is 0 Å². The maximum Gasteiger partial charge on any atom is 0.495 e. The molecule has 0 spiro atoms. The zero-order chi connectivity index (χ0) is 22.3. The van der Waals surface area contributed by atoms with E-state index in [0.717, 1.165) is 5.46 Å². The summed E-state index contributed by atoms with van der Waals surface area (Å²) in [6.45, 7) is 16.4. The van der Waals surface area contributed by atoms with Crippen molar-refractivity contribution < 1.29 is 23.2 Å². The van der Waals surface area contributed by atoms with Crippen LogP contribution in [0.25, 0.3) is 0 Å². The van der Waals surface area contributed by atoms with Gasteiger partial charge < -0.3 is 18.9 Å². The van der Waals surface area contributed by atoms with Crippen LogP contribution in [0.4, 0.5) is 9.18 Å². The van der Waals surface area contributed by atoms with Gasteiger partial charge in [-0.3, -0.25) is 4.90 Å². The molecule has 1 aromatic carbocycles. The Hall–Kier alpha value is -1.64. The van der Waals surface area contributed by atoms with Crippen LogP contribution in [0.2, 0.25) is 0 Å². The van der Waals surface area contributed by atoms with Crippen molar-refractivity contribution in [2.45, 2.75) is 71.8 Å². The molecule has 0 aliphatic carbocycles. The zero-order valence-corrected chi connectivity index (χ0v) is 19.3.